The first-order valence-corrected chi connectivity index (χ1v) is 7.64. The zero-order valence-electron chi connectivity index (χ0n) is 12.3. The SMILES string of the molecule is C[C@H](N)c1ccc(N2CCC3NC(=O)CCC3C2)c(F)c1. The second-order valence-electron chi connectivity index (χ2n) is 6.21. The van der Waals surface area contributed by atoms with Crippen LogP contribution >= 0.6 is 0 Å². The third kappa shape index (κ3) is 2.88. The largest absolute Gasteiger partial charge is 0.369 e. The predicted octanol–water partition coefficient (Wildman–Crippen LogP) is 1.95. The second kappa shape index (κ2) is 5.64. The Kier molecular flexibility index (Phi) is 3.85. The monoisotopic (exact) mass is 291 g/mol. The van der Waals surface area contributed by atoms with Gasteiger partial charge in [0.05, 0.1) is 5.69 Å². The maximum Gasteiger partial charge on any atom is 0.220 e. The summed E-state index contributed by atoms with van der Waals surface area (Å²) in [4.78, 5) is 13.5. The highest BCUT2D eigenvalue weighted by atomic mass is 19.1. The number of rotatable bonds is 2. The van der Waals surface area contributed by atoms with Crippen LogP contribution in [-0.4, -0.2) is 25.0 Å². The van der Waals surface area contributed by atoms with Crippen LogP contribution in [0.4, 0.5) is 10.1 Å². The number of anilines is 1. The minimum Gasteiger partial charge on any atom is -0.369 e. The van der Waals surface area contributed by atoms with Crippen molar-refractivity contribution in [1.29, 1.82) is 0 Å². The van der Waals surface area contributed by atoms with Gasteiger partial charge in [0.1, 0.15) is 5.82 Å². The highest BCUT2D eigenvalue weighted by molar-refractivity contribution is 5.77. The molecule has 1 aromatic carbocycles. The molecule has 0 spiro atoms. The number of nitrogens with two attached hydrogens (primary N) is 1. The second-order valence-corrected chi connectivity index (χ2v) is 6.21. The maximum atomic E-state index is 14.3. The molecule has 2 saturated heterocycles. The van der Waals surface area contributed by atoms with Gasteiger partial charge in [-0.05, 0) is 43.4 Å². The van der Waals surface area contributed by atoms with E-state index in [1.165, 1.54) is 6.07 Å². The molecule has 3 atom stereocenters. The van der Waals surface area contributed by atoms with Gasteiger partial charge >= 0.3 is 0 Å². The third-order valence-electron chi connectivity index (χ3n) is 4.66. The molecule has 114 valence electrons. The van der Waals surface area contributed by atoms with Crippen molar-refractivity contribution < 1.29 is 9.18 Å². The average Bonchev–Trinajstić information content (AvgIpc) is 2.46. The minimum atomic E-state index is -0.205. The molecule has 0 radical (unpaired) electrons. The molecule has 2 unspecified atom stereocenters. The molecule has 0 bridgehead atoms. The quantitative estimate of drug-likeness (QED) is 0.875. The fraction of sp³-hybridized carbons (Fsp3) is 0.562. The predicted molar refractivity (Wildman–Crippen MR) is 80.5 cm³/mol. The fourth-order valence-corrected chi connectivity index (χ4v) is 3.39. The number of halogens is 1. The van der Waals surface area contributed by atoms with Gasteiger partial charge in [0.25, 0.3) is 0 Å². The molecule has 2 fully saturated rings. The number of fused-ring (bicyclic) bond motifs is 1. The van der Waals surface area contributed by atoms with E-state index in [1.807, 2.05) is 19.1 Å². The molecule has 5 heteroatoms. The fourth-order valence-electron chi connectivity index (χ4n) is 3.39. The number of hydrogen-bond acceptors (Lipinski definition) is 3. The number of amides is 1. The van der Waals surface area contributed by atoms with Crippen LogP contribution in [0.15, 0.2) is 18.2 Å². The molecule has 0 saturated carbocycles. The maximum absolute atomic E-state index is 14.3. The molecule has 2 heterocycles. The van der Waals surface area contributed by atoms with E-state index < -0.39 is 0 Å². The molecule has 3 N–H and O–H groups in total. The van der Waals surface area contributed by atoms with Gasteiger partial charge in [0, 0.05) is 31.6 Å². The molecule has 4 nitrogen and oxygen atoms in total. The van der Waals surface area contributed by atoms with Crippen LogP contribution in [0.5, 0.6) is 0 Å². The average molecular weight is 291 g/mol. The van der Waals surface area contributed by atoms with Gasteiger partial charge in [-0.2, -0.15) is 0 Å². The molecule has 2 aliphatic heterocycles. The molecular weight excluding hydrogens is 269 g/mol. The van der Waals surface area contributed by atoms with E-state index in [4.69, 9.17) is 5.73 Å². The van der Waals surface area contributed by atoms with E-state index in [0.717, 1.165) is 31.5 Å². The van der Waals surface area contributed by atoms with E-state index in [1.54, 1.807) is 0 Å². The number of carbonyl (C=O) groups excluding carboxylic acids is 1. The number of hydrogen-bond donors (Lipinski definition) is 2. The highest BCUT2D eigenvalue weighted by Crippen LogP contribution is 2.30. The Morgan fingerprint density at radius 3 is 2.95 bits per heavy atom. The summed E-state index contributed by atoms with van der Waals surface area (Å²) in [7, 11) is 0. The Bertz CT molecular complexity index is 546. The van der Waals surface area contributed by atoms with E-state index in [2.05, 4.69) is 10.2 Å². The van der Waals surface area contributed by atoms with Crippen molar-refractivity contribution in [3.63, 3.8) is 0 Å². The lowest BCUT2D eigenvalue weighted by Gasteiger charge is -2.42. The summed E-state index contributed by atoms with van der Waals surface area (Å²) >= 11 is 0. The van der Waals surface area contributed by atoms with E-state index >= 15 is 0 Å². The Balaban J connectivity index is 1.75. The van der Waals surface area contributed by atoms with Gasteiger partial charge in [0.2, 0.25) is 5.91 Å². The summed E-state index contributed by atoms with van der Waals surface area (Å²) in [5.41, 5.74) is 7.25. The van der Waals surface area contributed by atoms with Gasteiger partial charge in [-0.1, -0.05) is 6.07 Å². The number of piperidine rings is 2. The lowest BCUT2D eigenvalue weighted by atomic mass is 9.85. The van der Waals surface area contributed by atoms with Crippen LogP contribution in [0.3, 0.4) is 0 Å². The van der Waals surface area contributed by atoms with Crippen LogP contribution in [0.25, 0.3) is 0 Å². The molecular formula is C16H22FN3O. The minimum absolute atomic E-state index is 0.150. The first-order chi connectivity index (χ1) is 10.0. The van der Waals surface area contributed by atoms with Gasteiger partial charge in [-0.25, -0.2) is 4.39 Å². The number of nitrogens with one attached hydrogen (secondary N) is 1. The van der Waals surface area contributed by atoms with Crippen molar-refractivity contribution in [2.75, 3.05) is 18.0 Å². The number of nitrogens with zero attached hydrogens (tertiary/aromatic N) is 1. The van der Waals surface area contributed by atoms with Gasteiger partial charge < -0.3 is 16.0 Å². The standard InChI is InChI=1S/C16H22FN3O/c1-10(18)11-2-4-15(13(17)8-11)20-7-6-14-12(9-20)3-5-16(21)19-14/h2,4,8,10,12,14H,3,5-7,9,18H2,1H3,(H,19,21)/t10-,12?,14?/m0/s1. The summed E-state index contributed by atoms with van der Waals surface area (Å²) in [5, 5.41) is 3.05. The molecule has 1 amide bonds. The first kappa shape index (κ1) is 14.3. The lowest BCUT2D eigenvalue weighted by molar-refractivity contribution is -0.124. The summed E-state index contributed by atoms with van der Waals surface area (Å²) in [6.07, 6.45) is 2.36. The van der Waals surface area contributed by atoms with Crippen LogP contribution in [0.1, 0.15) is 37.8 Å². The lowest BCUT2D eigenvalue weighted by Crippen LogP contribution is -2.54. The van der Waals surface area contributed by atoms with Crippen molar-refractivity contribution in [3.05, 3.63) is 29.6 Å². The molecule has 3 rings (SSSR count). The smallest absolute Gasteiger partial charge is 0.220 e. The Hall–Kier alpha value is -1.62. The Morgan fingerprint density at radius 1 is 1.43 bits per heavy atom. The number of benzene rings is 1. The van der Waals surface area contributed by atoms with Crippen molar-refractivity contribution >= 4 is 11.6 Å². The van der Waals surface area contributed by atoms with Crippen LogP contribution < -0.4 is 16.0 Å². The number of carbonyl (C=O) groups is 1. The van der Waals surface area contributed by atoms with Crippen molar-refractivity contribution in [2.24, 2.45) is 11.7 Å². The van der Waals surface area contributed by atoms with Crippen LogP contribution in [0.2, 0.25) is 0 Å². The molecule has 0 aromatic heterocycles. The van der Waals surface area contributed by atoms with E-state index in [0.29, 0.717) is 18.0 Å². The van der Waals surface area contributed by atoms with E-state index in [-0.39, 0.29) is 23.8 Å². The molecule has 0 aliphatic carbocycles. The first-order valence-electron chi connectivity index (χ1n) is 7.64. The van der Waals surface area contributed by atoms with Gasteiger partial charge in [-0.3, -0.25) is 4.79 Å². The highest BCUT2D eigenvalue weighted by Gasteiger charge is 2.34. The third-order valence-corrected chi connectivity index (χ3v) is 4.66. The van der Waals surface area contributed by atoms with Crippen molar-refractivity contribution in [2.45, 2.75) is 38.3 Å². The van der Waals surface area contributed by atoms with Crippen molar-refractivity contribution in [1.82, 2.24) is 5.32 Å². The Labute approximate surface area is 124 Å². The van der Waals surface area contributed by atoms with Crippen LogP contribution in [0, 0.1) is 11.7 Å². The summed E-state index contributed by atoms with van der Waals surface area (Å²) in [6.45, 7) is 3.43. The van der Waals surface area contributed by atoms with Gasteiger partial charge in [-0.15, -0.1) is 0 Å². The zero-order chi connectivity index (χ0) is 15.0. The molecule has 1 aromatic rings. The normalized spacial score (nSPS) is 27.0. The van der Waals surface area contributed by atoms with E-state index in [9.17, 15) is 9.18 Å². The summed E-state index contributed by atoms with van der Waals surface area (Å²) in [6, 6.07) is 5.37. The Morgan fingerprint density at radius 2 is 2.24 bits per heavy atom. The van der Waals surface area contributed by atoms with Crippen molar-refractivity contribution in [3.8, 4) is 0 Å². The van der Waals surface area contributed by atoms with Gasteiger partial charge in [0.15, 0.2) is 0 Å². The molecule has 2 aliphatic rings. The summed E-state index contributed by atoms with van der Waals surface area (Å²) < 4.78 is 14.3. The van der Waals surface area contributed by atoms with Crippen LogP contribution in [-0.2, 0) is 4.79 Å². The summed E-state index contributed by atoms with van der Waals surface area (Å²) in [5.74, 6) is 0.365. The molecule has 21 heavy (non-hydrogen) atoms. The topological polar surface area (TPSA) is 58.4 Å². The zero-order valence-corrected chi connectivity index (χ0v) is 12.3.